The van der Waals surface area contributed by atoms with Crippen molar-refractivity contribution in [3.8, 4) is 0 Å². The molecule has 4 heterocycles. The van der Waals surface area contributed by atoms with Crippen molar-refractivity contribution in [3.63, 3.8) is 0 Å². The van der Waals surface area contributed by atoms with Gasteiger partial charge in [-0.25, -0.2) is 0 Å². The molecule has 0 saturated carbocycles. The molecule has 0 amide bonds. The lowest BCUT2D eigenvalue weighted by molar-refractivity contribution is 0.214. The van der Waals surface area contributed by atoms with Crippen LogP contribution in [0.1, 0.15) is 24.1 Å². The Hall–Kier alpha value is -0.740. The third-order valence-electron chi connectivity index (χ3n) is 6.55. The maximum Gasteiger partial charge on any atom is 0.0480 e. The fourth-order valence-corrected chi connectivity index (χ4v) is 5.50. The van der Waals surface area contributed by atoms with Gasteiger partial charge in [0.25, 0.3) is 0 Å². The van der Waals surface area contributed by atoms with Crippen molar-refractivity contribution >= 4 is 35.7 Å². The number of benzene rings is 1. The first-order valence-electron chi connectivity index (χ1n) is 8.74. The Morgan fingerprint density at radius 3 is 2.38 bits per heavy atom. The molecule has 0 radical (unpaired) electrons. The van der Waals surface area contributed by atoms with Gasteiger partial charge < -0.3 is 9.88 Å². The number of fused-ring (bicyclic) bond motifs is 6. The second-order valence-corrected chi connectivity index (χ2v) is 7.63. The van der Waals surface area contributed by atoms with Gasteiger partial charge in [-0.05, 0) is 62.9 Å². The molecule has 1 aromatic heterocycles. The van der Waals surface area contributed by atoms with Crippen molar-refractivity contribution in [2.24, 2.45) is 18.9 Å². The maximum absolute atomic E-state index is 3.62. The van der Waals surface area contributed by atoms with Gasteiger partial charge in [0.1, 0.15) is 0 Å². The molecule has 1 aromatic carbocycles. The Labute approximate surface area is 156 Å². The van der Waals surface area contributed by atoms with Gasteiger partial charge in [-0.2, -0.15) is 0 Å². The van der Waals surface area contributed by atoms with E-state index >= 15 is 0 Å². The average Bonchev–Trinajstić information content (AvgIpc) is 3.22. The molecule has 0 spiro atoms. The van der Waals surface area contributed by atoms with Crippen LogP contribution in [0.4, 0.5) is 0 Å². The fourth-order valence-electron chi connectivity index (χ4n) is 5.50. The lowest BCUT2D eigenvalue weighted by Gasteiger charge is -2.24. The predicted molar refractivity (Wildman–Crippen MR) is 104 cm³/mol. The summed E-state index contributed by atoms with van der Waals surface area (Å²) in [6, 6.07) is 10.9. The number of aromatic nitrogens is 1. The summed E-state index contributed by atoms with van der Waals surface area (Å²) in [7, 11) is 2.23. The zero-order valence-electron chi connectivity index (χ0n) is 14.4. The van der Waals surface area contributed by atoms with Crippen LogP contribution in [0.25, 0.3) is 10.9 Å². The Morgan fingerprint density at radius 2 is 1.71 bits per heavy atom. The van der Waals surface area contributed by atoms with E-state index in [1.165, 1.54) is 48.1 Å². The van der Waals surface area contributed by atoms with E-state index in [9.17, 15) is 0 Å². The molecular weight excluding hydrogens is 341 g/mol. The van der Waals surface area contributed by atoms with Gasteiger partial charge in [0.05, 0.1) is 0 Å². The third kappa shape index (κ3) is 2.48. The number of nitrogens with zero attached hydrogens (tertiary/aromatic N) is 2. The van der Waals surface area contributed by atoms with E-state index in [2.05, 4.69) is 53.0 Å². The standard InChI is InChI=1S/C19H25N3.2ClH/c1-12-3-4-17-13(7-12)8-14(21(17)2)11-22-18-5-6-19(22)16-10-20-9-15(16)18;;/h3-4,7-8,15-16,18-20H,5-6,9-11H2,1-2H3;2*1H/t15-,16+,18-,19+;;. The van der Waals surface area contributed by atoms with Crippen molar-refractivity contribution in [3.05, 3.63) is 35.5 Å². The minimum atomic E-state index is 0. The first kappa shape index (κ1) is 18.1. The molecule has 5 heteroatoms. The number of rotatable bonds is 2. The Balaban J connectivity index is 0.000000845. The molecule has 24 heavy (non-hydrogen) atoms. The summed E-state index contributed by atoms with van der Waals surface area (Å²) in [4.78, 5) is 2.83. The summed E-state index contributed by atoms with van der Waals surface area (Å²) in [5.74, 6) is 1.83. The monoisotopic (exact) mass is 367 g/mol. The number of aryl methyl sites for hydroxylation is 2. The van der Waals surface area contributed by atoms with Crippen molar-refractivity contribution < 1.29 is 0 Å². The SMILES string of the molecule is Cc1ccc2c(c1)cc(CN1[C@@H]3CC[C@H]1[C@H]1CNC[C@H]13)n2C.Cl.Cl. The fraction of sp³-hybridized carbons (Fsp3) is 0.579. The molecule has 3 saturated heterocycles. The molecule has 1 N–H and O–H groups in total. The van der Waals surface area contributed by atoms with Gasteiger partial charge in [-0.15, -0.1) is 24.8 Å². The Kier molecular flexibility index (Phi) is 4.91. The van der Waals surface area contributed by atoms with E-state index in [0.29, 0.717) is 0 Å². The van der Waals surface area contributed by atoms with Crippen molar-refractivity contribution in [2.45, 2.75) is 38.4 Å². The molecular formula is C19H27Cl2N3. The topological polar surface area (TPSA) is 20.2 Å². The molecule has 3 aliphatic rings. The summed E-state index contributed by atoms with van der Waals surface area (Å²) in [6.07, 6.45) is 2.83. The van der Waals surface area contributed by atoms with E-state index in [1.54, 1.807) is 0 Å². The molecule has 3 fully saturated rings. The van der Waals surface area contributed by atoms with Gasteiger partial charge in [0, 0.05) is 42.3 Å². The zero-order chi connectivity index (χ0) is 14.8. The van der Waals surface area contributed by atoms with E-state index in [4.69, 9.17) is 0 Å². The Bertz CT molecular complexity index is 724. The third-order valence-corrected chi connectivity index (χ3v) is 6.55. The van der Waals surface area contributed by atoms with Crippen LogP contribution in [0, 0.1) is 18.8 Å². The summed E-state index contributed by atoms with van der Waals surface area (Å²) < 4.78 is 2.40. The van der Waals surface area contributed by atoms with Crippen LogP contribution in [0.3, 0.4) is 0 Å². The number of nitrogens with one attached hydrogen (secondary N) is 1. The molecule has 2 bridgehead atoms. The average molecular weight is 368 g/mol. The van der Waals surface area contributed by atoms with Crippen molar-refractivity contribution in [1.82, 2.24) is 14.8 Å². The lowest BCUT2D eigenvalue weighted by atomic mass is 9.82. The lowest BCUT2D eigenvalue weighted by Crippen LogP contribution is -2.34. The van der Waals surface area contributed by atoms with Crippen LogP contribution >= 0.6 is 24.8 Å². The smallest absolute Gasteiger partial charge is 0.0480 e. The summed E-state index contributed by atoms with van der Waals surface area (Å²) in [5, 5.41) is 5.01. The molecule has 3 nitrogen and oxygen atoms in total. The number of hydrogen-bond acceptors (Lipinski definition) is 2. The first-order valence-corrected chi connectivity index (χ1v) is 8.74. The highest BCUT2D eigenvalue weighted by molar-refractivity contribution is 5.85. The largest absolute Gasteiger partial charge is 0.346 e. The zero-order valence-corrected chi connectivity index (χ0v) is 16.0. The Morgan fingerprint density at radius 1 is 1.04 bits per heavy atom. The van der Waals surface area contributed by atoms with Crippen LogP contribution in [0.5, 0.6) is 0 Å². The van der Waals surface area contributed by atoms with Crippen LogP contribution in [0.15, 0.2) is 24.3 Å². The minimum absolute atomic E-state index is 0. The minimum Gasteiger partial charge on any atom is -0.346 e. The number of halogens is 2. The van der Waals surface area contributed by atoms with Gasteiger partial charge in [-0.3, -0.25) is 4.90 Å². The van der Waals surface area contributed by atoms with Gasteiger partial charge in [0.2, 0.25) is 0 Å². The highest BCUT2D eigenvalue weighted by Gasteiger charge is 2.54. The summed E-state index contributed by atoms with van der Waals surface area (Å²) in [5.41, 5.74) is 4.20. The highest BCUT2D eigenvalue weighted by atomic mass is 35.5. The van der Waals surface area contributed by atoms with E-state index in [1.807, 2.05) is 0 Å². The number of hydrogen-bond donors (Lipinski definition) is 1. The second kappa shape index (κ2) is 6.53. The van der Waals surface area contributed by atoms with Gasteiger partial charge in [0.15, 0.2) is 0 Å². The van der Waals surface area contributed by atoms with E-state index < -0.39 is 0 Å². The molecule has 4 atom stereocenters. The van der Waals surface area contributed by atoms with E-state index in [-0.39, 0.29) is 24.8 Å². The van der Waals surface area contributed by atoms with Crippen molar-refractivity contribution in [2.75, 3.05) is 13.1 Å². The predicted octanol–water partition coefficient (Wildman–Crippen LogP) is 3.51. The maximum atomic E-state index is 3.62. The van der Waals surface area contributed by atoms with Crippen molar-refractivity contribution in [1.29, 1.82) is 0 Å². The van der Waals surface area contributed by atoms with Gasteiger partial charge in [-0.1, -0.05) is 11.6 Å². The summed E-state index contributed by atoms with van der Waals surface area (Å²) in [6.45, 7) is 5.81. The molecule has 132 valence electrons. The van der Waals surface area contributed by atoms with Crippen LogP contribution in [-0.2, 0) is 13.6 Å². The quantitative estimate of drug-likeness (QED) is 0.876. The normalized spacial score (nSPS) is 31.1. The molecule has 0 unspecified atom stereocenters. The molecule has 0 aliphatic carbocycles. The summed E-state index contributed by atoms with van der Waals surface area (Å²) >= 11 is 0. The molecule has 2 aromatic rings. The van der Waals surface area contributed by atoms with Gasteiger partial charge >= 0.3 is 0 Å². The second-order valence-electron chi connectivity index (χ2n) is 7.63. The van der Waals surface area contributed by atoms with Crippen LogP contribution in [0.2, 0.25) is 0 Å². The first-order chi connectivity index (χ1) is 10.7. The van der Waals surface area contributed by atoms with Crippen LogP contribution in [-0.4, -0.2) is 34.6 Å². The highest BCUT2D eigenvalue weighted by Crippen LogP contribution is 2.48. The molecule has 3 aliphatic heterocycles. The van der Waals surface area contributed by atoms with E-state index in [0.717, 1.165) is 30.5 Å². The molecule has 5 rings (SSSR count). The van der Waals surface area contributed by atoms with Crippen LogP contribution < -0.4 is 5.32 Å².